The molecule has 29 heavy (non-hydrogen) atoms. The minimum Gasteiger partial charge on any atom is -0.356 e. The Bertz CT molecular complexity index is 994. The lowest BCUT2D eigenvalue weighted by molar-refractivity contribution is -0.125. The number of rotatable bonds is 6. The molecule has 1 atom stereocenters. The average Bonchev–Trinajstić information content (AvgIpc) is 3.28. The van der Waals surface area contributed by atoms with Crippen molar-refractivity contribution in [2.24, 2.45) is 5.92 Å². The number of aromatic nitrogens is 2. The van der Waals surface area contributed by atoms with Gasteiger partial charge in [-0.2, -0.15) is 9.29 Å². The minimum atomic E-state index is -3.69. The zero-order valence-corrected chi connectivity index (χ0v) is 18.3. The van der Waals surface area contributed by atoms with E-state index in [4.69, 9.17) is 4.52 Å². The van der Waals surface area contributed by atoms with Crippen molar-refractivity contribution in [2.45, 2.75) is 56.8 Å². The monoisotopic (exact) mass is 438 g/mol. The van der Waals surface area contributed by atoms with E-state index in [1.807, 2.05) is 6.92 Å². The minimum absolute atomic E-state index is 0.0783. The van der Waals surface area contributed by atoms with Crippen LogP contribution in [-0.4, -0.2) is 48.4 Å². The number of sulfonamides is 1. The van der Waals surface area contributed by atoms with Crippen molar-refractivity contribution >= 4 is 27.3 Å². The predicted molar refractivity (Wildman–Crippen MR) is 109 cm³/mol. The highest BCUT2D eigenvalue weighted by molar-refractivity contribution is 7.89. The first kappa shape index (κ1) is 20.5. The molecule has 1 aliphatic carbocycles. The van der Waals surface area contributed by atoms with E-state index < -0.39 is 10.0 Å². The number of carbonyl (C=O) groups is 1. The Morgan fingerprint density at radius 2 is 2.14 bits per heavy atom. The molecule has 8 nitrogen and oxygen atoms in total. The summed E-state index contributed by atoms with van der Waals surface area (Å²) >= 11 is 1.35. The SMILES string of the molecule is CCNC(=O)C1CCCN(S(=O)(=O)c2cc(-c3noc(C4CCC4)n3)sc2C)C1. The molecule has 1 unspecified atom stereocenters. The van der Waals surface area contributed by atoms with Gasteiger partial charge in [-0.25, -0.2) is 8.42 Å². The number of nitrogens with one attached hydrogen (secondary N) is 1. The first-order valence-electron chi connectivity index (χ1n) is 10.1. The van der Waals surface area contributed by atoms with Crippen LogP contribution in [0, 0.1) is 12.8 Å². The predicted octanol–water partition coefficient (Wildman–Crippen LogP) is 2.91. The number of nitrogens with zero attached hydrogens (tertiary/aromatic N) is 3. The van der Waals surface area contributed by atoms with Gasteiger partial charge in [0.1, 0.15) is 0 Å². The summed E-state index contributed by atoms with van der Waals surface area (Å²) in [6, 6.07) is 1.64. The molecule has 0 spiro atoms. The first-order valence-corrected chi connectivity index (χ1v) is 12.4. The molecular weight excluding hydrogens is 412 g/mol. The van der Waals surface area contributed by atoms with Crippen LogP contribution in [0.5, 0.6) is 0 Å². The number of hydrogen-bond donors (Lipinski definition) is 1. The van der Waals surface area contributed by atoms with E-state index in [0.717, 1.165) is 12.8 Å². The molecule has 10 heteroatoms. The van der Waals surface area contributed by atoms with Crippen LogP contribution in [0.4, 0.5) is 0 Å². The summed E-state index contributed by atoms with van der Waals surface area (Å²) in [5, 5.41) is 6.86. The summed E-state index contributed by atoms with van der Waals surface area (Å²) in [5.41, 5.74) is 0. The molecule has 0 radical (unpaired) electrons. The van der Waals surface area contributed by atoms with Crippen molar-refractivity contribution in [2.75, 3.05) is 19.6 Å². The van der Waals surface area contributed by atoms with Crippen LogP contribution in [0.2, 0.25) is 0 Å². The fourth-order valence-electron chi connectivity index (χ4n) is 3.82. The molecule has 158 valence electrons. The number of amides is 1. The summed E-state index contributed by atoms with van der Waals surface area (Å²) in [6.45, 7) is 4.84. The molecule has 4 rings (SSSR count). The Kier molecular flexibility index (Phi) is 5.76. The third-order valence-corrected chi connectivity index (χ3v) is 8.88. The molecule has 0 bridgehead atoms. The van der Waals surface area contributed by atoms with Crippen molar-refractivity contribution < 1.29 is 17.7 Å². The van der Waals surface area contributed by atoms with Gasteiger partial charge >= 0.3 is 0 Å². The lowest BCUT2D eigenvalue weighted by atomic mass is 9.85. The summed E-state index contributed by atoms with van der Waals surface area (Å²) in [4.78, 5) is 18.3. The molecule has 1 amide bonds. The lowest BCUT2D eigenvalue weighted by Gasteiger charge is -2.31. The van der Waals surface area contributed by atoms with Crippen LogP contribution in [-0.2, 0) is 14.8 Å². The van der Waals surface area contributed by atoms with Crippen molar-refractivity contribution in [3.63, 3.8) is 0 Å². The van der Waals surface area contributed by atoms with Gasteiger partial charge in [0.05, 0.1) is 15.7 Å². The highest BCUT2D eigenvalue weighted by Crippen LogP contribution is 2.38. The Labute approximate surface area is 174 Å². The summed E-state index contributed by atoms with van der Waals surface area (Å²) in [5.74, 6) is 1.03. The Balaban J connectivity index is 1.55. The molecule has 3 heterocycles. The zero-order chi connectivity index (χ0) is 20.6. The van der Waals surface area contributed by atoms with Crippen LogP contribution in [0.1, 0.15) is 55.7 Å². The molecule has 0 aromatic carbocycles. The van der Waals surface area contributed by atoms with Crippen molar-refractivity contribution in [1.29, 1.82) is 0 Å². The third kappa shape index (κ3) is 3.97. The van der Waals surface area contributed by atoms with E-state index in [9.17, 15) is 13.2 Å². The van der Waals surface area contributed by atoms with Gasteiger partial charge in [0, 0.05) is 30.4 Å². The lowest BCUT2D eigenvalue weighted by Crippen LogP contribution is -2.45. The van der Waals surface area contributed by atoms with E-state index in [2.05, 4.69) is 15.5 Å². The van der Waals surface area contributed by atoms with Gasteiger partial charge in [-0.05, 0) is 45.6 Å². The van der Waals surface area contributed by atoms with E-state index >= 15 is 0 Å². The number of thiophene rings is 1. The highest BCUT2D eigenvalue weighted by atomic mass is 32.2. The zero-order valence-electron chi connectivity index (χ0n) is 16.7. The molecule has 2 aliphatic rings. The summed E-state index contributed by atoms with van der Waals surface area (Å²) in [6.07, 6.45) is 4.68. The number of aryl methyl sites for hydroxylation is 1. The van der Waals surface area contributed by atoms with Gasteiger partial charge in [-0.15, -0.1) is 11.3 Å². The first-order chi connectivity index (χ1) is 13.9. The van der Waals surface area contributed by atoms with Gasteiger partial charge in [0.15, 0.2) is 0 Å². The Morgan fingerprint density at radius 3 is 2.83 bits per heavy atom. The number of piperidine rings is 1. The normalized spacial score (nSPS) is 21.1. The standard InChI is InChI=1S/C19H26N4O4S2/c1-3-20-18(24)14-8-5-9-23(11-14)29(25,26)16-10-15(28-12(16)2)17-21-19(27-22-17)13-6-4-7-13/h10,13-14H,3-9,11H2,1-2H3,(H,20,24). The Hall–Kier alpha value is -1.78. The van der Waals surface area contributed by atoms with Crippen molar-refractivity contribution in [3.8, 4) is 10.7 Å². The molecular formula is C19H26N4O4S2. The largest absolute Gasteiger partial charge is 0.356 e. The Morgan fingerprint density at radius 1 is 1.34 bits per heavy atom. The van der Waals surface area contributed by atoms with E-state index in [1.165, 1.54) is 22.1 Å². The van der Waals surface area contributed by atoms with Gasteiger partial charge < -0.3 is 9.84 Å². The molecule has 2 aromatic heterocycles. The third-order valence-electron chi connectivity index (χ3n) is 5.71. The van der Waals surface area contributed by atoms with E-state index in [-0.39, 0.29) is 23.3 Å². The summed E-state index contributed by atoms with van der Waals surface area (Å²) in [7, 11) is -3.69. The van der Waals surface area contributed by atoms with E-state index in [0.29, 0.717) is 53.3 Å². The summed E-state index contributed by atoms with van der Waals surface area (Å²) < 4.78 is 33.4. The molecule has 1 N–H and O–H groups in total. The average molecular weight is 439 g/mol. The van der Waals surface area contributed by atoms with Crippen molar-refractivity contribution in [3.05, 3.63) is 16.8 Å². The maximum absolute atomic E-state index is 13.3. The fourth-order valence-corrected chi connectivity index (χ4v) is 6.83. The van der Waals surface area contributed by atoms with Crippen LogP contribution >= 0.6 is 11.3 Å². The van der Waals surface area contributed by atoms with Gasteiger partial charge in [-0.1, -0.05) is 11.6 Å². The van der Waals surface area contributed by atoms with Crippen LogP contribution in [0.3, 0.4) is 0 Å². The molecule has 1 saturated carbocycles. The molecule has 1 saturated heterocycles. The van der Waals surface area contributed by atoms with Gasteiger partial charge in [0.25, 0.3) is 0 Å². The van der Waals surface area contributed by atoms with Gasteiger partial charge in [0.2, 0.25) is 27.6 Å². The number of carbonyl (C=O) groups excluding carboxylic acids is 1. The topological polar surface area (TPSA) is 105 Å². The number of hydrogen-bond acceptors (Lipinski definition) is 7. The van der Waals surface area contributed by atoms with Crippen molar-refractivity contribution in [1.82, 2.24) is 19.8 Å². The molecule has 1 aliphatic heterocycles. The fraction of sp³-hybridized carbons (Fsp3) is 0.632. The molecule has 2 aromatic rings. The molecule has 2 fully saturated rings. The second kappa shape index (κ2) is 8.16. The van der Waals surface area contributed by atoms with Gasteiger partial charge in [-0.3, -0.25) is 4.79 Å². The smallest absolute Gasteiger partial charge is 0.244 e. The maximum Gasteiger partial charge on any atom is 0.244 e. The maximum atomic E-state index is 13.3. The second-order valence-electron chi connectivity index (χ2n) is 7.71. The highest BCUT2D eigenvalue weighted by Gasteiger charge is 2.35. The van der Waals surface area contributed by atoms with Crippen LogP contribution in [0.15, 0.2) is 15.5 Å². The van der Waals surface area contributed by atoms with Crippen LogP contribution in [0.25, 0.3) is 10.7 Å². The van der Waals surface area contributed by atoms with Crippen LogP contribution < -0.4 is 5.32 Å². The quantitative estimate of drug-likeness (QED) is 0.743. The van der Waals surface area contributed by atoms with E-state index in [1.54, 1.807) is 13.0 Å². The second-order valence-corrected chi connectivity index (χ2v) is 10.9.